The molecule has 0 aliphatic heterocycles. The average Bonchev–Trinajstić information content (AvgIpc) is 2.41. The fourth-order valence-corrected chi connectivity index (χ4v) is 1.88. The molecule has 0 aromatic heterocycles. The molecule has 5 heteroatoms. The van der Waals surface area contributed by atoms with Crippen molar-refractivity contribution in [1.82, 2.24) is 0 Å². The van der Waals surface area contributed by atoms with Crippen LogP contribution in [0.5, 0.6) is 11.5 Å². The molecule has 1 atom stereocenters. The number of carbonyl (C=O) groups is 1. The summed E-state index contributed by atoms with van der Waals surface area (Å²) >= 11 is 5.80. The van der Waals surface area contributed by atoms with Crippen LogP contribution in [0.3, 0.4) is 0 Å². The van der Waals surface area contributed by atoms with Crippen LogP contribution in [0, 0.1) is 0 Å². The van der Waals surface area contributed by atoms with Crippen molar-refractivity contribution >= 4 is 17.6 Å². The number of carboxylic acids is 1. The first kappa shape index (κ1) is 14.4. The van der Waals surface area contributed by atoms with E-state index in [1.165, 1.54) is 0 Å². The van der Waals surface area contributed by atoms with Gasteiger partial charge in [0.1, 0.15) is 11.5 Å². The Labute approximate surface area is 121 Å². The van der Waals surface area contributed by atoms with Crippen molar-refractivity contribution in [3.05, 3.63) is 59.1 Å². The summed E-state index contributed by atoms with van der Waals surface area (Å²) in [6.07, 6.45) is -0.121. The van der Waals surface area contributed by atoms with E-state index >= 15 is 0 Å². The van der Waals surface area contributed by atoms with Crippen LogP contribution in [0.4, 0.5) is 0 Å². The van der Waals surface area contributed by atoms with Crippen LogP contribution in [0.25, 0.3) is 0 Å². The monoisotopic (exact) mass is 291 g/mol. The van der Waals surface area contributed by atoms with Crippen molar-refractivity contribution in [1.29, 1.82) is 0 Å². The lowest BCUT2D eigenvalue weighted by molar-refractivity contribution is -0.137. The summed E-state index contributed by atoms with van der Waals surface area (Å²) < 4.78 is 5.67. The van der Waals surface area contributed by atoms with Gasteiger partial charge in [0.25, 0.3) is 0 Å². The highest BCUT2D eigenvalue weighted by atomic mass is 35.5. The number of rotatable bonds is 5. The van der Waals surface area contributed by atoms with Crippen molar-refractivity contribution in [2.45, 2.75) is 12.5 Å². The maximum atomic E-state index is 10.7. The van der Waals surface area contributed by atoms with Crippen LogP contribution in [0.1, 0.15) is 18.0 Å². The van der Waals surface area contributed by atoms with Gasteiger partial charge in [0.05, 0.1) is 6.42 Å². The summed E-state index contributed by atoms with van der Waals surface area (Å²) in [5.41, 5.74) is 6.55. The molecule has 0 saturated heterocycles. The number of benzene rings is 2. The summed E-state index contributed by atoms with van der Waals surface area (Å²) in [5, 5.41) is 9.39. The van der Waals surface area contributed by atoms with Gasteiger partial charge < -0.3 is 15.6 Å². The van der Waals surface area contributed by atoms with Gasteiger partial charge in [-0.2, -0.15) is 0 Å². The number of ether oxygens (including phenoxy) is 1. The molecular formula is C15H14ClNO3. The lowest BCUT2D eigenvalue weighted by Gasteiger charge is -2.12. The highest BCUT2D eigenvalue weighted by Crippen LogP contribution is 2.25. The van der Waals surface area contributed by atoms with Gasteiger partial charge in [-0.15, -0.1) is 0 Å². The Kier molecular flexibility index (Phi) is 4.61. The minimum atomic E-state index is -0.929. The summed E-state index contributed by atoms with van der Waals surface area (Å²) in [5.74, 6) is 0.325. The number of aliphatic carboxylic acids is 1. The van der Waals surface area contributed by atoms with Gasteiger partial charge in [0.15, 0.2) is 0 Å². The zero-order valence-electron chi connectivity index (χ0n) is 10.6. The molecule has 0 amide bonds. The van der Waals surface area contributed by atoms with Gasteiger partial charge in [-0.3, -0.25) is 4.79 Å². The zero-order chi connectivity index (χ0) is 14.5. The Morgan fingerprint density at radius 1 is 1.20 bits per heavy atom. The molecule has 0 radical (unpaired) electrons. The Morgan fingerprint density at radius 3 is 2.55 bits per heavy atom. The maximum Gasteiger partial charge on any atom is 0.305 e. The first-order valence-corrected chi connectivity index (χ1v) is 6.43. The molecule has 0 spiro atoms. The van der Waals surface area contributed by atoms with Gasteiger partial charge in [-0.1, -0.05) is 23.7 Å². The number of hydrogen-bond acceptors (Lipinski definition) is 3. The zero-order valence-corrected chi connectivity index (χ0v) is 11.4. The van der Waals surface area contributed by atoms with Gasteiger partial charge in [-0.25, -0.2) is 0 Å². The van der Waals surface area contributed by atoms with Gasteiger partial charge in [0.2, 0.25) is 0 Å². The lowest BCUT2D eigenvalue weighted by atomic mass is 10.0. The molecule has 1 unspecified atom stereocenters. The third kappa shape index (κ3) is 3.98. The largest absolute Gasteiger partial charge is 0.481 e. The van der Waals surface area contributed by atoms with Crippen LogP contribution < -0.4 is 10.5 Å². The predicted molar refractivity (Wildman–Crippen MR) is 77.1 cm³/mol. The Hall–Kier alpha value is -2.04. The molecule has 3 N–H and O–H groups in total. The summed E-state index contributed by atoms with van der Waals surface area (Å²) in [7, 11) is 0. The molecule has 20 heavy (non-hydrogen) atoms. The Bertz CT molecular complexity index is 598. The molecule has 0 heterocycles. The quantitative estimate of drug-likeness (QED) is 0.882. The predicted octanol–water partition coefficient (Wildman–Crippen LogP) is 3.61. The van der Waals surface area contributed by atoms with E-state index in [2.05, 4.69) is 0 Å². The number of hydrogen-bond donors (Lipinski definition) is 2. The van der Waals surface area contributed by atoms with Crippen LogP contribution in [-0.2, 0) is 4.79 Å². The minimum absolute atomic E-state index is 0.121. The van der Waals surface area contributed by atoms with E-state index in [1.807, 2.05) is 0 Å². The first-order valence-electron chi connectivity index (χ1n) is 6.05. The second-order valence-electron chi connectivity index (χ2n) is 4.33. The number of carboxylic acid groups (broad SMARTS) is 1. The van der Waals surface area contributed by atoms with Crippen molar-refractivity contribution in [3.63, 3.8) is 0 Å². The second kappa shape index (κ2) is 6.41. The van der Waals surface area contributed by atoms with E-state index in [4.69, 9.17) is 27.2 Å². The van der Waals surface area contributed by atoms with Gasteiger partial charge >= 0.3 is 5.97 Å². The molecule has 0 aliphatic rings. The molecule has 2 rings (SSSR count). The van der Waals surface area contributed by atoms with E-state index in [1.54, 1.807) is 48.5 Å². The maximum absolute atomic E-state index is 10.7. The molecule has 0 bridgehead atoms. The van der Waals surface area contributed by atoms with Gasteiger partial charge in [-0.05, 0) is 42.0 Å². The molecule has 104 valence electrons. The summed E-state index contributed by atoms with van der Waals surface area (Å²) in [4.78, 5) is 10.7. The first-order chi connectivity index (χ1) is 9.54. The highest BCUT2D eigenvalue weighted by molar-refractivity contribution is 6.30. The fourth-order valence-electron chi connectivity index (χ4n) is 1.75. The van der Waals surface area contributed by atoms with Crippen molar-refractivity contribution in [2.24, 2.45) is 5.73 Å². The molecule has 0 aliphatic carbocycles. The SMILES string of the molecule is NC(CC(=O)O)c1cccc(Oc2ccc(Cl)cc2)c1. The van der Waals surface area contributed by atoms with E-state index < -0.39 is 12.0 Å². The third-order valence-corrected chi connectivity index (χ3v) is 2.98. The molecular weight excluding hydrogens is 278 g/mol. The molecule has 4 nitrogen and oxygen atoms in total. The standard InChI is InChI=1S/C15H14ClNO3/c16-11-4-6-12(7-5-11)20-13-3-1-2-10(8-13)14(17)9-15(18)19/h1-8,14H,9,17H2,(H,18,19). The van der Waals surface area contributed by atoms with Gasteiger partial charge in [0, 0.05) is 11.1 Å². The lowest BCUT2D eigenvalue weighted by Crippen LogP contribution is -2.14. The van der Waals surface area contributed by atoms with E-state index in [-0.39, 0.29) is 6.42 Å². The summed E-state index contributed by atoms with van der Waals surface area (Å²) in [6.45, 7) is 0. The van der Waals surface area contributed by atoms with E-state index in [0.717, 1.165) is 5.56 Å². The molecule has 2 aromatic carbocycles. The average molecular weight is 292 g/mol. The fraction of sp³-hybridized carbons (Fsp3) is 0.133. The second-order valence-corrected chi connectivity index (χ2v) is 4.77. The van der Waals surface area contributed by atoms with Crippen molar-refractivity contribution in [3.8, 4) is 11.5 Å². The smallest absolute Gasteiger partial charge is 0.305 e. The van der Waals surface area contributed by atoms with E-state index in [9.17, 15) is 4.79 Å². The number of nitrogens with two attached hydrogens (primary N) is 1. The molecule has 0 saturated carbocycles. The molecule has 0 fully saturated rings. The van der Waals surface area contributed by atoms with Crippen molar-refractivity contribution < 1.29 is 14.6 Å². The van der Waals surface area contributed by atoms with Crippen LogP contribution in [0.2, 0.25) is 5.02 Å². The Morgan fingerprint density at radius 2 is 1.90 bits per heavy atom. The minimum Gasteiger partial charge on any atom is -0.481 e. The van der Waals surface area contributed by atoms with Crippen LogP contribution >= 0.6 is 11.6 Å². The third-order valence-electron chi connectivity index (χ3n) is 2.73. The van der Waals surface area contributed by atoms with Crippen LogP contribution in [0.15, 0.2) is 48.5 Å². The molecule has 2 aromatic rings. The Balaban J connectivity index is 2.13. The summed E-state index contributed by atoms with van der Waals surface area (Å²) in [6, 6.07) is 13.5. The van der Waals surface area contributed by atoms with Crippen LogP contribution in [-0.4, -0.2) is 11.1 Å². The highest BCUT2D eigenvalue weighted by Gasteiger charge is 2.11. The van der Waals surface area contributed by atoms with E-state index in [0.29, 0.717) is 16.5 Å². The normalized spacial score (nSPS) is 11.9. The topological polar surface area (TPSA) is 72.6 Å². The van der Waals surface area contributed by atoms with Crippen molar-refractivity contribution in [2.75, 3.05) is 0 Å². The number of halogens is 1.